The summed E-state index contributed by atoms with van der Waals surface area (Å²) in [4.78, 5) is 11.1. The Balaban J connectivity index is 2.46. The predicted molar refractivity (Wildman–Crippen MR) is 51.0 cm³/mol. The number of hydrogen-bond donors (Lipinski definition) is 0. The molecule has 2 heteroatoms. The van der Waals surface area contributed by atoms with Crippen molar-refractivity contribution in [1.82, 2.24) is 0 Å². The van der Waals surface area contributed by atoms with E-state index in [1.54, 1.807) is 6.92 Å². The molecule has 0 bridgehead atoms. The van der Waals surface area contributed by atoms with Crippen LogP contribution < -0.4 is 0 Å². The zero-order chi connectivity index (χ0) is 9.68. The summed E-state index contributed by atoms with van der Waals surface area (Å²) in [5.74, 6) is 2.72. The first kappa shape index (κ1) is 10.1. The van der Waals surface area contributed by atoms with Gasteiger partial charge in [-0.25, -0.2) is 0 Å². The Morgan fingerprint density at radius 1 is 1.54 bits per heavy atom. The maximum absolute atomic E-state index is 11.1. The van der Waals surface area contributed by atoms with E-state index in [4.69, 9.17) is 11.2 Å². The Morgan fingerprint density at radius 2 is 2.23 bits per heavy atom. The number of ether oxygens (including phenoxy) is 1. The summed E-state index contributed by atoms with van der Waals surface area (Å²) < 4.78 is 5.26. The van der Waals surface area contributed by atoms with Crippen LogP contribution in [0.4, 0.5) is 0 Å². The van der Waals surface area contributed by atoms with Gasteiger partial charge in [-0.3, -0.25) is 4.79 Å². The third kappa shape index (κ3) is 2.77. The molecule has 2 nitrogen and oxygen atoms in total. The Hall–Kier alpha value is -0.970. The van der Waals surface area contributed by atoms with Gasteiger partial charge in [0.1, 0.15) is 6.10 Å². The smallest absolute Gasteiger partial charge is 0.305 e. The third-order valence-corrected chi connectivity index (χ3v) is 2.49. The second-order valence-corrected chi connectivity index (χ2v) is 3.44. The maximum atomic E-state index is 11.1. The third-order valence-electron chi connectivity index (χ3n) is 2.49. The largest absolute Gasteiger partial charge is 0.461 e. The standard InChI is InChI=1S/C11H16O2/c1-3-9-7-5-6-8-10(9)13-11(12)4-2/h1,9-10H,4-8H2,2H3/t9-,10-/m0/s1. The van der Waals surface area contributed by atoms with Gasteiger partial charge in [0.15, 0.2) is 0 Å². The highest BCUT2D eigenvalue weighted by molar-refractivity contribution is 5.69. The van der Waals surface area contributed by atoms with Gasteiger partial charge in [-0.05, 0) is 19.3 Å². The molecule has 0 saturated heterocycles. The number of rotatable bonds is 2. The van der Waals surface area contributed by atoms with Crippen molar-refractivity contribution in [2.75, 3.05) is 0 Å². The van der Waals surface area contributed by atoms with Crippen LogP contribution in [0.5, 0.6) is 0 Å². The molecule has 0 aliphatic heterocycles. The van der Waals surface area contributed by atoms with Gasteiger partial charge >= 0.3 is 5.97 Å². The molecule has 72 valence electrons. The van der Waals surface area contributed by atoms with Crippen molar-refractivity contribution in [3.8, 4) is 12.3 Å². The summed E-state index contributed by atoms with van der Waals surface area (Å²) in [5, 5.41) is 0. The minimum Gasteiger partial charge on any atom is -0.461 e. The summed E-state index contributed by atoms with van der Waals surface area (Å²) in [7, 11) is 0. The summed E-state index contributed by atoms with van der Waals surface area (Å²) in [6, 6.07) is 0. The van der Waals surface area contributed by atoms with E-state index in [-0.39, 0.29) is 18.0 Å². The van der Waals surface area contributed by atoms with Crippen molar-refractivity contribution < 1.29 is 9.53 Å². The summed E-state index contributed by atoms with van der Waals surface area (Å²) in [6.45, 7) is 1.80. The molecule has 1 saturated carbocycles. The average molecular weight is 180 g/mol. The van der Waals surface area contributed by atoms with Gasteiger partial charge in [-0.1, -0.05) is 19.3 Å². The minimum atomic E-state index is -0.132. The molecule has 0 aromatic rings. The summed E-state index contributed by atoms with van der Waals surface area (Å²) >= 11 is 0. The fourth-order valence-electron chi connectivity index (χ4n) is 1.68. The molecule has 0 spiro atoms. The number of esters is 1. The summed E-state index contributed by atoms with van der Waals surface area (Å²) in [6.07, 6.45) is 10.0. The first-order valence-corrected chi connectivity index (χ1v) is 4.93. The van der Waals surface area contributed by atoms with Crippen LogP contribution in [0.3, 0.4) is 0 Å². The van der Waals surface area contributed by atoms with Crippen LogP contribution in [-0.4, -0.2) is 12.1 Å². The highest BCUT2D eigenvalue weighted by Crippen LogP contribution is 2.26. The quantitative estimate of drug-likeness (QED) is 0.480. The van der Waals surface area contributed by atoms with E-state index in [2.05, 4.69) is 5.92 Å². The lowest BCUT2D eigenvalue weighted by molar-refractivity contribution is -0.151. The Labute approximate surface area is 79.7 Å². The van der Waals surface area contributed by atoms with E-state index in [0.29, 0.717) is 6.42 Å². The van der Waals surface area contributed by atoms with Gasteiger partial charge in [0.25, 0.3) is 0 Å². The normalized spacial score (nSPS) is 27.7. The van der Waals surface area contributed by atoms with E-state index in [1.165, 1.54) is 0 Å². The van der Waals surface area contributed by atoms with Gasteiger partial charge in [0.2, 0.25) is 0 Å². The molecule has 1 fully saturated rings. The molecular weight excluding hydrogens is 164 g/mol. The van der Waals surface area contributed by atoms with E-state index in [9.17, 15) is 4.79 Å². The molecule has 1 aliphatic rings. The molecule has 0 aromatic carbocycles. The van der Waals surface area contributed by atoms with Crippen LogP contribution in [0.2, 0.25) is 0 Å². The van der Waals surface area contributed by atoms with Crippen LogP contribution >= 0.6 is 0 Å². The molecule has 0 amide bonds. The van der Waals surface area contributed by atoms with Crippen LogP contribution in [-0.2, 0) is 9.53 Å². The van der Waals surface area contributed by atoms with E-state index < -0.39 is 0 Å². The predicted octanol–water partition coefficient (Wildman–Crippen LogP) is 2.13. The molecule has 2 atom stereocenters. The highest BCUT2D eigenvalue weighted by atomic mass is 16.5. The number of carbonyl (C=O) groups excluding carboxylic acids is 1. The molecule has 0 radical (unpaired) electrons. The molecule has 0 aromatic heterocycles. The second kappa shape index (κ2) is 4.91. The first-order valence-electron chi connectivity index (χ1n) is 4.93. The van der Waals surface area contributed by atoms with Crippen LogP contribution in [0.15, 0.2) is 0 Å². The van der Waals surface area contributed by atoms with Gasteiger partial charge in [-0.2, -0.15) is 0 Å². The Bertz CT molecular complexity index is 215. The molecular formula is C11H16O2. The molecule has 0 N–H and O–H groups in total. The minimum absolute atomic E-state index is 0.0220. The number of carbonyl (C=O) groups is 1. The summed E-state index contributed by atoms with van der Waals surface area (Å²) in [5.41, 5.74) is 0. The monoisotopic (exact) mass is 180 g/mol. The molecule has 1 rings (SSSR count). The van der Waals surface area contributed by atoms with Gasteiger partial charge in [0.05, 0.1) is 5.92 Å². The van der Waals surface area contributed by atoms with Gasteiger partial charge in [0, 0.05) is 6.42 Å². The highest BCUT2D eigenvalue weighted by Gasteiger charge is 2.26. The van der Waals surface area contributed by atoms with Crippen LogP contribution in [0, 0.1) is 18.3 Å². The molecule has 13 heavy (non-hydrogen) atoms. The maximum Gasteiger partial charge on any atom is 0.305 e. The molecule has 0 unspecified atom stereocenters. The van der Waals surface area contributed by atoms with Crippen molar-refractivity contribution in [3.05, 3.63) is 0 Å². The Kier molecular flexibility index (Phi) is 3.82. The van der Waals surface area contributed by atoms with Crippen molar-refractivity contribution in [1.29, 1.82) is 0 Å². The van der Waals surface area contributed by atoms with Crippen molar-refractivity contribution >= 4 is 5.97 Å². The Morgan fingerprint density at radius 3 is 2.85 bits per heavy atom. The second-order valence-electron chi connectivity index (χ2n) is 3.44. The zero-order valence-electron chi connectivity index (χ0n) is 8.08. The lowest BCUT2D eigenvalue weighted by Gasteiger charge is -2.27. The number of hydrogen-bond acceptors (Lipinski definition) is 2. The van der Waals surface area contributed by atoms with E-state index >= 15 is 0 Å². The van der Waals surface area contributed by atoms with Crippen LogP contribution in [0.25, 0.3) is 0 Å². The van der Waals surface area contributed by atoms with Gasteiger partial charge < -0.3 is 4.74 Å². The zero-order valence-corrected chi connectivity index (χ0v) is 8.08. The van der Waals surface area contributed by atoms with Crippen LogP contribution in [0.1, 0.15) is 39.0 Å². The molecule has 0 heterocycles. The fourth-order valence-corrected chi connectivity index (χ4v) is 1.68. The SMILES string of the molecule is C#C[C@H]1CCCC[C@@H]1OC(=O)CC. The van der Waals surface area contributed by atoms with Crippen molar-refractivity contribution in [2.24, 2.45) is 5.92 Å². The lowest BCUT2D eigenvalue weighted by atomic mass is 9.87. The average Bonchev–Trinajstić information content (AvgIpc) is 2.18. The molecule has 1 aliphatic carbocycles. The van der Waals surface area contributed by atoms with E-state index in [0.717, 1.165) is 25.7 Å². The van der Waals surface area contributed by atoms with E-state index in [1.807, 2.05) is 0 Å². The van der Waals surface area contributed by atoms with Crippen molar-refractivity contribution in [2.45, 2.75) is 45.1 Å². The topological polar surface area (TPSA) is 26.3 Å². The lowest BCUT2D eigenvalue weighted by Crippen LogP contribution is -2.28. The van der Waals surface area contributed by atoms with Crippen molar-refractivity contribution in [3.63, 3.8) is 0 Å². The fraction of sp³-hybridized carbons (Fsp3) is 0.727. The number of terminal acetylenes is 1. The first-order chi connectivity index (χ1) is 6.27. The van der Waals surface area contributed by atoms with Gasteiger partial charge in [-0.15, -0.1) is 6.42 Å².